The van der Waals surface area contributed by atoms with Crippen LogP contribution in [-0.4, -0.2) is 52.9 Å². The number of hydrogen-bond acceptors (Lipinski definition) is 7. The molecule has 5 rings (SSSR count). The minimum Gasteiger partial charge on any atom is -0.481 e. The molecule has 1 saturated heterocycles. The van der Waals surface area contributed by atoms with E-state index in [1.165, 1.54) is 11.1 Å². The second-order valence-electron chi connectivity index (χ2n) is 12.6. The lowest BCUT2D eigenvalue weighted by Gasteiger charge is -2.40. The first-order valence-electron chi connectivity index (χ1n) is 16.4. The van der Waals surface area contributed by atoms with Crippen LogP contribution in [0.1, 0.15) is 79.1 Å². The maximum atomic E-state index is 13.9. The number of amides is 1. The van der Waals surface area contributed by atoms with Crippen LogP contribution in [0.25, 0.3) is 0 Å². The van der Waals surface area contributed by atoms with E-state index in [-0.39, 0.29) is 79.2 Å². The van der Waals surface area contributed by atoms with Gasteiger partial charge in [0.1, 0.15) is 0 Å². The van der Waals surface area contributed by atoms with E-state index in [4.69, 9.17) is 4.74 Å². The van der Waals surface area contributed by atoms with Crippen molar-refractivity contribution in [3.05, 3.63) is 76.1 Å². The summed E-state index contributed by atoms with van der Waals surface area (Å²) in [6.07, 6.45) is -14.1. The van der Waals surface area contributed by atoms with Crippen LogP contribution >= 0.6 is 0 Å². The first kappa shape index (κ1) is 38.5. The minimum absolute atomic E-state index is 0.000934. The number of anilines is 3. The van der Waals surface area contributed by atoms with Crippen LogP contribution in [0.5, 0.6) is 0 Å². The molecule has 2 aliphatic rings. The average molecular weight is 748 g/mol. The van der Waals surface area contributed by atoms with Crippen molar-refractivity contribution in [2.75, 3.05) is 34.8 Å². The van der Waals surface area contributed by atoms with Gasteiger partial charge in [-0.15, -0.1) is 0 Å². The van der Waals surface area contributed by atoms with Gasteiger partial charge in [-0.2, -0.15) is 39.5 Å². The number of hydrogen-bond donors (Lipinski definition) is 2. The van der Waals surface area contributed by atoms with E-state index >= 15 is 0 Å². The van der Waals surface area contributed by atoms with E-state index in [2.05, 4.69) is 15.3 Å². The minimum atomic E-state index is -5.10. The lowest BCUT2D eigenvalue weighted by molar-refractivity contribution is -0.144. The van der Waals surface area contributed by atoms with Crippen molar-refractivity contribution in [3.8, 4) is 0 Å². The van der Waals surface area contributed by atoms with Crippen LogP contribution in [0.2, 0.25) is 0 Å². The van der Waals surface area contributed by atoms with E-state index < -0.39 is 71.7 Å². The summed E-state index contributed by atoms with van der Waals surface area (Å²) in [5, 5.41) is 12.4. The highest BCUT2D eigenvalue weighted by atomic mass is 19.4. The maximum absolute atomic E-state index is 13.9. The summed E-state index contributed by atoms with van der Waals surface area (Å²) in [5.41, 5.74) is -3.98. The molecule has 0 spiro atoms. The molecule has 0 radical (unpaired) electrons. The predicted molar refractivity (Wildman–Crippen MR) is 170 cm³/mol. The summed E-state index contributed by atoms with van der Waals surface area (Å²) in [6.45, 7) is 3.71. The fourth-order valence-corrected chi connectivity index (χ4v) is 6.57. The molecule has 1 aromatic heterocycles. The molecule has 0 saturated carbocycles. The number of rotatable bonds is 8. The first-order chi connectivity index (χ1) is 24.3. The zero-order chi connectivity index (χ0) is 38.2. The number of aliphatic carboxylic acids is 1. The van der Waals surface area contributed by atoms with Crippen molar-refractivity contribution in [2.45, 2.75) is 76.6 Å². The van der Waals surface area contributed by atoms with Gasteiger partial charge >= 0.3 is 30.6 Å². The molecule has 2 atom stereocenters. The average Bonchev–Trinajstić information content (AvgIpc) is 3.06. The predicted octanol–water partition coefficient (Wildman–Crippen LogP) is 8.72. The molecule has 282 valence electrons. The van der Waals surface area contributed by atoms with Crippen LogP contribution in [0.15, 0.2) is 42.6 Å². The molecule has 0 bridgehead atoms. The third kappa shape index (κ3) is 8.47. The van der Waals surface area contributed by atoms with Crippen molar-refractivity contribution < 1.29 is 58.9 Å². The number of carbonyl (C=O) groups is 2. The van der Waals surface area contributed by atoms with Gasteiger partial charge in [0.2, 0.25) is 5.95 Å². The van der Waals surface area contributed by atoms with Crippen molar-refractivity contribution in [2.24, 2.45) is 5.92 Å². The van der Waals surface area contributed by atoms with E-state index in [0.717, 1.165) is 18.2 Å². The second-order valence-corrected chi connectivity index (χ2v) is 12.6. The molecule has 52 heavy (non-hydrogen) atoms. The zero-order valence-corrected chi connectivity index (χ0v) is 27.8. The largest absolute Gasteiger partial charge is 0.481 e. The van der Waals surface area contributed by atoms with Crippen molar-refractivity contribution in [1.82, 2.24) is 9.97 Å². The van der Waals surface area contributed by atoms with Gasteiger partial charge in [0, 0.05) is 25.6 Å². The Morgan fingerprint density at radius 2 is 1.50 bits per heavy atom. The number of alkyl halides is 9. The van der Waals surface area contributed by atoms with Crippen LogP contribution in [-0.2, 0) is 34.5 Å². The summed E-state index contributed by atoms with van der Waals surface area (Å²) >= 11 is 0. The highest BCUT2D eigenvalue weighted by Crippen LogP contribution is 2.44. The topological polar surface area (TPSA) is 108 Å². The number of piperidine rings is 1. The molecule has 1 fully saturated rings. The normalized spacial score (nSPS) is 18.6. The maximum Gasteiger partial charge on any atom is 0.416 e. The van der Waals surface area contributed by atoms with Crippen molar-refractivity contribution in [3.63, 3.8) is 0 Å². The van der Waals surface area contributed by atoms with Gasteiger partial charge < -0.3 is 20.1 Å². The summed E-state index contributed by atoms with van der Waals surface area (Å²) in [5.74, 6) is -1.85. The molecule has 2 aliphatic heterocycles. The quantitative estimate of drug-likeness (QED) is 0.221. The number of nitrogens with zero attached hydrogens (tertiary/aromatic N) is 4. The standard InChI is InChI=1S/C34H34F9N5O4/c1-3-23-16-25(24-15-20(32(35,36)37)5-6-27(24)48(23)31(51)52-4-2)45-30-44-17-28(47-9-7-19(8-10-47)29(49)50)26(46-30)13-18-11-21(33(38,39)40)14-22(12-18)34(41,42)43/h5-6,11-12,14-15,17,19,23,25H,3-4,7-10,13,16H2,1-2H3,(H,49,50)(H,44,45,46)/t23-,25+/m1/s1. The van der Waals surface area contributed by atoms with Crippen molar-refractivity contribution in [1.29, 1.82) is 0 Å². The van der Waals surface area contributed by atoms with Crippen LogP contribution < -0.4 is 15.1 Å². The van der Waals surface area contributed by atoms with Gasteiger partial charge in [-0.1, -0.05) is 6.92 Å². The van der Waals surface area contributed by atoms with E-state index in [1.54, 1.807) is 18.7 Å². The molecule has 3 heterocycles. The fourth-order valence-electron chi connectivity index (χ4n) is 6.57. The molecular formula is C34H34F9N5O4. The number of benzene rings is 2. The lowest BCUT2D eigenvalue weighted by atomic mass is 9.89. The Hall–Kier alpha value is -4.77. The van der Waals surface area contributed by atoms with Crippen LogP contribution in [0, 0.1) is 5.92 Å². The third-order valence-electron chi connectivity index (χ3n) is 9.15. The SMILES string of the molecule is CCOC(=O)N1c2ccc(C(F)(F)F)cc2[C@@H](Nc2ncc(N3CCC(C(=O)O)CC3)c(Cc3cc(C(F)(F)F)cc(C(F)(F)F)c3)n2)C[C@H]1CC. The third-order valence-corrected chi connectivity index (χ3v) is 9.15. The smallest absolute Gasteiger partial charge is 0.416 e. The Morgan fingerprint density at radius 1 is 0.885 bits per heavy atom. The van der Waals surface area contributed by atoms with Crippen molar-refractivity contribution >= 4 is 29.4 Å². The zero-order valence-electron chi connectivity index (χ0n) is 27.8. The van der Waals surface area contributed by atoms with Gasteiger partial charge in [-0.05, 0) is 80.1 Å². The molecule has 2 aromatic carbocycles. The van der Waals surface area contributed by atoms with Gasteiger partial charge in [-0.3, -0.25) is 9.69 Å². The molecule has 9 nitrogen and oxygen atoms in total. The number of ether oxygens (including phenoxy) is 1. The van der Waals surface area contributed by atoms with Gasteiger partial charge in [0.15, 0.2) is 0 Å². The molecule has 3 aromatic rings. The number of carboxylic acids is 1. The summed E-state index contributed by atoms with van der Waals surface area (Å²) in [4.78, 5) is 36.3. The fraction of sp³-hybridized carbons (Fsp3) is 0.471. The van der Waals surface area contributed by atoms with Gasteiger partial charge in [-0.25, -0.2) is 14.8 Å². The van der Waals surface area contributed by atoms with Gasteiger partial charge in [0.25, 0.3) is 0 Å². The molecule has 0 aliphatic carbocycles. The Balaban J connectivity index is 1.58. The molecule has 18 heteroatoms. The number of carboxylic acid groups (broad SMARTS) is 1. The summed E-state index contributed by atoms with van der Waals surface area (Å²) in [6, 6.07) is 2.56. The Kier molecular flexibility index (Phi) is 10.9. The van der Waals surface area contributed by atoms with E-state index in [9.17, 15) is 54.2 Å². The molecular weight excluding hydrogens is 713 g/mol. The number of fused-ring (bicyclic) bond motifs is 1. The Morgan fingerprint density at radius 3 is 2.04 bits per heavy atom. The molecule has 2 N–H and O–H groups in total. The lowest BCUT2D eigenvalue weighted by Crippen LogP contribution is -2.46. The van der Waals surface area contributed by atoms with E-state index in [0.29, 0.717) is 18.6 Å². The molecule has 0 unspecified atom stereocenters. The number of nitrogens with one attached hydrogen (secondary N) is 1. The monoisotopic (exact) mass is 747 g/mol. The highest BCUT2D eigenvalue weighted by Gasteiger charge is 2.40. The Bertz CT molecular complexity index is 1760. The summed E-state index contributed by atoms with van der Waals surface area (Å²) in [7, 11) is 0. The summed E-state index contributed by atoms with van der Waals surface area (Å²) < 4.78 is 129. The van der Waals surface area contributed by atoms with Gasteiger partial charge in [0.05, 0.1) is 58.5 Å². The Labute approximate surface area is 291 Å². The first-order valence-corrected chi connectivity index (χ1v) is 16.4. The van der Waals surface area contributed by atoms with Crippen LogP contribution in [0.4, 0.5) is 61.6 Å². The van der Waals surface area contributed by atoms with E-state index in [1.807, 2.05) is 0 Å². The van der Waals surface area contributed by atoms with Crippen LogP contribution in [0.3, 0.4) is 0 Å². The number of carbonyl (C=O) groups excluding carboxylic acids is 1. The molecule has 1 amide bonds. The second kappa shape index (κ2) is 14.7. The number of halogens is 9. The number of aromatic nitrogens is 2. The highest BCUT2D eigenvalue weighted by molar-refractivity contribution is 5.90.